The molecule has 0 aliphatic carbocycles. The molecule has 3 N–H and O–H groups in total. The van der Waals surface area contributed by atoms with Gasteiger partial charge in [0, 0.05) is 6.42 Å². The topological polar surface area (TPSA) is 72.2 Å². The minimum atomic E-state index is -0.575. The SMILES string of the molecule is C=CCC[C@@H](NC(=O)CC(C)C)C(N)=O. The molecule has 86 valence electrons. The maximum atomic E-state index is 11.4. The second kappa shape index (κ2) is 7.04. The van der Waals surface area contributed by atoms with Crippen molar-refractivity contribution in [3.63, 3.8) is 0 Å². The summed E-state index contributed by atoms with van der Waals surface area (Å²) in [6, 6.07) is -0.575. The third kappa shape index (κ3) is 6.71. The predicted octanol–water partition coefficient (Wildman–Crippen LogP) is 0.969. The monoisotopic (exact) mass is 212 g/mol. The van der Waals surface area contributed by atoms with E-state index in [0.29, 0.717) is 19.3 Å². The highest BCUT2D eigenvalue weighted by atomic mass is 16.2. The average Bonchev–Trinajstić information content (AvgIpc) is 2.10. The van der Waals surface area contributed by atoms with Gasteiger partial charge in [0.25, 0.3) is 0 Å². The Labute approximate surface area is 90.9 Å². The molecule has 2 amide bonds. The highest BCUT2D eigenvalue weighted by Crippen LogP contribution is 2.02. The minimum Gasteiger partial charge on any atom is -0.368 e. The quantitative estimate of drug-likeness (QED) is 0.617. The fraction of sp³-hybridized carbons (Fsp3) is 0.636. The number of hydrogen-bond acceptors (Lipinski definition) is 2. The van der Waals surface area contributed by atoms with Crippen LogP contribution in [0.5, 0.6) is 0 Å². The Morgan fingerprint density at radius 3 is 2.47 bits per heavy atom. The van der Waals surface area contributed by atoms with E-state index in [2.05, 4.69) is 11.9 Å². The number of hydrogen-bond donors (Lipinski definition) is 2. The smallest absolute Gasteiger partial charge is 0.240 e. The van der Waals surface area contributed by atoms with Gasteiger partial charge in [0.2, 0.25) is 11.8 Å². The number of allylic oxidation sites excluding steroid dienone is 1. The molecule has 0 spiro atoms. The molecule has 0 aromatic heterocycles. The van der Waals surface area contributed by atoms with Crippen LogP contribution in [-0.4, -0.2) is 17.9 Å². The zero-order chi connectivity index (χ0) is 11.8. The first-order chi connectivity index (χ1) is 6.97. The van der Waals surface area contributed by atoms with Crippen molar-refractivity contribution >= 4 is 11.8 Å². The van der Waals surface area contributed by atoms with Crippen LogP contribution in [0.25, 0.3) is 0 Å². The van der Waals surface area contributed by atoms with E-state index < -0.39 is 11.9 Å². The third-order valence-electron chi connectivity index (χ3n) is 1.93. The highest BCUT2D eigenvalue weighted by Gasteiger charge is 2.17. The molecule has 0 fully saturated rings. The van der Waals surface area contributed by atoms with Crippen molar-refractivity contribution in [1.29, 1.82) is 0 Å². The zero-order valence-electron chi connectivity index (χ0n) is 9.45. The molecular formula is C11H20N2O2. The lowest BCUT2D eigenvalue weighted by atomic mass is 10.1. The van der Waals surface area contributed by atoms with Gasteiger partial charge in [-0.2, -0.15) is 0 Å². The molecule has 4 heteroatoms. The summed E-state index contributed by atoms with van der Waals surface area (Å²) in [4.78, 5) is 22.4. The van der Waals surface area contributed by atoms with Crippen LogP contribution in [0.15, 0.2) is 12.7 Å². The van der Waals surface area contributed by atoms with Crippen molar-refractivity contribution in [2.24, 2.45) is 11.7 Å². The van der Waals surface area contributed by atoms with Gasteiger partial charge in [0.1, 0.15) is 6.04 Å². The molecule has 0 bridgehead atoms. The van der Waals surface area contributed by atoms with E-state index in [1.807, 2.05) is 13.8 Å². The van der Waals surface area contributed by atoms with Crippen molar-refractivity contribution in [3.8, 4) is 0 Å². The molecule has 0 radical (unpaired) electrons. The summed E-state index contributed by atoms with van der Waals surface area (Å²) in [5.74, 6) is -0.343. The Balaban J connectivity index is 4.09. The van der Waals surface area contributed by atoms with Crippen LogP contribution >= 0.6 is 0 Å². The van der Waals surface area contributed by atoms with E-state index in [-0.39, 0.29) is 11.8 Å². The van der Waals surface area contributed by atoms with E-state index in [9.17, 15) is 9.59 Å². The van der Waals surface area contributed by atoms with Gasteiger partial charge >= 0.3 is 0 Å². The lowest BCUT2D eigenvalue weighted by Crippen LogP contribution is -2.44. The van der Waals surface area contributed by atoms with E-state index in [1.165, 1.54) is 0 Å². The molecule has 0 saturated carbocycles. The second-order valence-corrected chi connectivity index (χ2v) is 3.99. The summed E-state index contributed by atoms with van der Waals surface area (Å²) >= 11 is 0. The van der Waals surface area contributed by atoms with Crippen molar-refractivity contribution in [2.75, 3.05) is 0 Å². The van der Waals surface area contributed by atoms with Crippen molar-refractivity contribution < 1.29 is 9.59 Å². The van der Waals surface area contributed by atoms with Gasteiger partial charge < -0.3 is 11.1 Å². The number of nitrogens with two attached hydrogens (primary N) is 1. The molecule has 0 aromatic rings. The first-order valence-electron chi connectivity index (χ1n) is 5.17. The van der Waals surface area contributed by atoms with Gasteiger partial charge in [0.15, 0.2) is 0 Å². The van der Waals surface area contributed by atoms with Crippen LogP contribution in [0.2, 0.25) is 0 Å². The summed E-state index contributed by atoms with van der Waals surface area (Å²) in [7, 11) is 0. The van der Waals surface area contributed by atoms with Gasteiger partial charge in [-0.3, -0.25) is 9.59 Å². The lowest BCUT2D eigenvalue weighted by Gasteiger charge is -2.15. The molecule has 0 saturated heterocycles. The predicted molar refractivity (Wildman–Crippen MR) is 60.0 cm³/mol. The number of amides is 2. The van der Waals surface area contributed by atoms with Crippen molar-refractivity contribution in [1.82, 2.24) is 5.32 Å². The van der Waals surface area contributed by atoms with Crippen LogP contribution in [0.3, 0.4) is 0 Å². The number of carbonyl (C=O) groups excluding carboxylic acids is 2. The average molecular weight is 212 g/mol. The lowest BCUT2D eigenvalue weighted by molar-refractivity contribution is -0.127. The number of nitrogens with one attached hydrogen (secondary N) is 1. The summed E-state index contributed by atoms with van der Waals surface area (Å²) < 4.78 is 0. The Hall–Kier alpha value is -1.32. The Bertz CT molecular complexity index is 237. The first kappa shape index (κ1) is 13.7. The van der Waals surface area contributed by atoms with E-state index in [0.717, 1.165) is 0 Å². The Kier molecular flexibility index (Phi) is 6.42. The van der Waals surface area contributed by atoms with Crippen LogP contribution in [0.1, 0.15) is 33.1 Å². The molecule has 1 atom stereocenters. The highest BCUT2D eigenvalue weighted by molar-refractivity contribution is 5.86. The molecule has 0 rings (SSSR count). The fourth-order valence-electron chi connectivity index (χ4n) is 1.19. The fourth-order valence-corrected chi connectivity index (χ4v) is 1.19. The molecule has 0 aliphatic rings. The number of primary amides is 1. The van der Waals surface area contributed by atoms with E-state index >= 15 is 0 Å². The maximum Gasteiger partial charge on any atom is 0.240 e. The van der Waals surface area contributed by atoms with Gasteiger partial charge in [-0.1, -0.05) is 19.9 Å². The molecule has 0 aromatic carbocycles. The zero-order valence-corrected chi connectivity index (χ0v) is 9.45. The number of carbonyl (C=O) groups is 2. The molecule has 0 aliphatic heterocycles. The maximum absolute atomic E-state index is 11.4. The summed E-state index contributed by atoms with van der Waals surface area (Å²) in [6.45, 7) is 7.45. The van der Waals surface area contributed by atoms with Gasteiger partial charge in [-0.05, 0) is 18.8 Å². The Morgan fingerprint density at radius 1 is 1.47 bits per heavy atom. The van der Waals surface area contributed by atoms with E-state index in [4.69, 9.17) is 5.73 Å². The van der Waals surface area contributed by atoms with Crippen LogP contribution in [-0.2, 0) is 9.59 Å². The van der Waals surface area contributed by atoms with Crippen LogP contribution in [0.4, 0.5) is 0 Å². The minimum absolute atomic E-state index is 0.127. The summed E-state index contributed by atoms with van der Waals surface area (Å²) in [5, 5.41) is 2.62. The van der Waals surface area contributed by atoms with Crippen LogP contribution < -0.4 is 11.1 Å². The van der Waals surface area contributed by atoms with Gasteiger partial charge in [-0.15, -0.1) is 6.58 Å². The molecular weight excluding hydrogens is 192 g/mol. The normalized spacial score (nSPS) is 12.2. The third-order valence-corrected chi connectivity index (χ3v) is 1.93. The second-order valence-electron chi connectivity index (χ2n) is 3.99. The van der Waals surface area contributed by atoms with Crippen LogP contribution in [0, 0.1) is 5.92 Å². The molecule has 0 heterocycles. The van der Waals surface area contributed by atoms with Crippen molar-refractivity contribution in [2.45, 2.75) is 39.2 Å². The summed E-state index contributed by atoms with van der Waals surface area (Å²) in [6.07, 6.45) is 3.29. The first-order valence-corrected chi connectivity index (χ1v) is 5.17. The van der Waals surface area contributed by atoms with Crippen molar-refractivity contribution in [3.05, 3.63) is 12.7 Å². The molecule has 15 heavy (non-hydrogen) atoms. The van der Waals surface area contributed by atoms with Gasteiger partial charge in [-0.25, -0.2) is 0 Å². The number of rotatable bonds is 7. The van der Waals surface area contributed by atoms with E-state index in [1.54, 1.807) is 6.08 Å². The standard InChI is InChI=1S/C11H20N2O2/c1-4-5-6-9(11(12)15)13-10(14)7-8(2)3/h4,8-9H,1,5-7H2,2-3H3,(H2,12,15)(H,13,14)/t9-/m1/s1. The molecule has 4 nitrogen and oxygen atoms in total. The largest absolute Gasteiger partial charge is 0.368 e. The van der Waals surface area contributed by atoms with Gasteiger partial charge in [0.05, 0.1) is 0 Å². The molecule has 0 unspecified atom stereocenters. The Morgan fingerprint density at radius 2 is 2.07 bits per heavy atom. The summed E-state index contributed by atoms with van der Waals surface area (Å²) in [5.41, 5.74) is 5.17.